The topological polar surface area (TPSA) is 58.4 Å². The van der Waals surface area contributed by atoms with E-state index in [1.807, 2.05) is 23.3 Å². The van der Waals surface area contributed by atoms with Gasteiger partial charge in [0.2, 0.25) is 0 Å². The predicted molar refractivity (Wildman–Crippen MR) is 90.6 cm³/mol. The molecule has 1 aromatic heterocycles. The SMILES string of the molecule is C=C[I-]/C=C\n1c(CN2CCc3ccc(C(=O)O)cc32)cnc1C. The van der Waals surface area contributed by atoms with E-state index in [2.05, 4.69) is 31.3 Å². The Morgan fingerprint density at radius 2 is 2.33 bits per heavy atom. The van der Waals surface area contributed by atoms with Crippen LogP contribution in [0.4, 0.5) is 5.69 Å². The van der Waals surface area contributed by atoms with Crippen LogP contribution in [0.1, 0.15) is 27.4 Å². The van der Waals surface area contributed by atoms with Crippen LogP contribution in [0.15, 0.2) is 39.1 Å². The van der Waals surface area contributed by atoms with E-state index in [0.29, 0.717) is 12.1 Å². The summed E-state index contributed by atoms with van der Waals surface area (Å²) in [6.45, 7) is 7.37. The van der Waals surface area contributed by atoms with E-state index in [1.165, 1.54) is 5.56 Å². The molecule has 0 atom stereocenters. The minimum atomic E-state index is -0.887. The molecule has 126 valence electrons. The molecule has 0 saturated carbocycles. The second kappa shape index (κ2) is 7.21. The first-order chi connectivity index (χ1) is 11.6. The number of anilines is 1. The molecule has 0 saturated heterocycles. The summed E-state index contributed by atoms with van der Waals surface area (Å²) in [4.78, 5) is 17.9. The van der Waals surface area contributed by atoms with Gasteiger partial charge in [-0.1, -0.05) is 0 Å². The van der Waals surface area contributed by atoms with E-state index in [9.17, 15) is 9.90 Å². The van der Waals surface area contributed by atoms with Gasteiger partial charge in [0.1, 0.15) is 0 Å². The number of carbonyl (C=O) groups is 1. The predicted octanol–water partition coefficient (Wildman–Crippen LogP) is 0.113. The molecule has 0 spiro atoms. The van der Waals surface area contributed by atoms with Crippen molar-refractivity contribution >= 4 is 17.9 Å². The van der Waals surface area contributed by atoms with Gasteiger partial charge in [-0.25, -0.2) is 0 Å². The van der Waals surface area contributed by atoms with Gasteiger partial charge in [0.05, 0.1) is 0 Å². The number of fused-ring (bicyclic) bond motifs is 1. The Bertz CT molecular complexity index is 811. The van der Waals surface area contributed by atoms with Crippen LogP contribution in [0.2, 0.25) is 0 Å². The number of halogens is 1. The van der Waals surface area contributed by atoms with E-state index < -0.39 is 5.97 Å². The average Bonchev–Trinajstić information content (AvgIpc) is 3.13. The van der Waals surface area contributed by atoms with Crippen LogP contribution in [0, 0.1) is 6.92 Å². The Morgan fingerprint density at radius 1 is 1.50 bits per heavy atom. The van der Waals surface area contributed by atoms with Gasteiger partial charge in [-0.05, 0) is 0 Å². The number of aryl methyl sites for hydroxylation is 1. The summed E-state index contributed by atoms with van der Waals surface area (Å²) in [5, 5.41) is 9.21. The summed E-state index contributed by atoms with van der Waals surface area (Å²) < 4.78 is 6.22. The van der Waals surface area contributed by atoms with Crippen molar-refractivity contribution in [2.45, 2.75) is 19.9 Å². The van der Waals surface area contributed by atoms with Gasteiger partial charge in [-0.3, -0.25) is 0 Å². The zero-order valence-electron chi connectivity index (χ0n) is 13.4. The fourth-order valence-electron chi connectivity index (χ4n) is 2.90. The van der Waals surface area contributed by atoms with Gasteiger partial charge in [0.25, 0.3) is 0 Å². The minimum absolute atomic E-state index is 0.119. The molecule has 5 nitrogen and oxygen atoms in total. The molecule has 0 unspecified atom stereocenters. The van der Waals surface area contributed by atoms with Crippen LogP contribution >= 0.6 is 0 Å². The molecule has 0 fully saturated rings. The van der Waals surface area contributed by atoms with Crippen molar-refractivity contribution in [1.29, 1.82) is 0 Å². The monoisotopic (exact) mass is 436 g/mol. The summed E-state index contributed by atoms with van der Waals surface area (Å²) in [5.74, 6) is 0.0647. The number of rotatable bonds is 6. The van der Waals surface area contributed by atoms with Crippen molar-refractivity contribution in [3.05, 3.63) is 61.8 Å². The normalized spacial score (nSPS) is 13.6. The van der Waals surface area contributed by atoms with Gasteiger partial charge >= 0.3 is 152 Å². The average molecular weight is 436 g/mol. The summed E-state index contributed by atoms with van der Waals surface area (Å²) >= 11 is -0.119. The Morgan fingerprint density at radius 3 is 3.08 bits per heavy atom. The Balaban J connectivity index is 1.86. The van der Waals surface area contributed by atoms with Crippen LogP contribution < -0.4 is 26.1 Å². The van der Waals surface area contributed by atoms with Gasteiger partial charge in [0.15, 0.2) is 0 Å². The molecule has 1 aromatic carbocycles. The van der Waals surface area contributed by atoms with E-state index in [0.717, 1.165) is 30.2 Å². The van der Waals surface area contributed by atoms with Crippen LogP contribution in [-0.2, 0) is 13.0 Å². The van der Waals surface area contributed by atoms with Crippen LogP contribution in [0.3, 0.4) is 0 Å². The van der Waals surface area contributed by atoms with Crippen molar-refractivity contribution in [3.63, 3.8) is 0 Å². The second-order valence-electron chi connectivity index (χ2n) is 5.54. The Labute approximate surface area is 151 Å². The van der Waals surface area contributed by atoms with Crippen LogP contribution in [-0.4, -0.2) is 27.2 Å². The number of aromatic nitrogens is 2. The molecule has 24 heavy (non-hydrogen) atoms. The van der Waals surface area contributed by atoms with Gasteiger partial charge in [0, 0.05) is 0 Å². The zero-order valence-corrected chi connectivity index (χ0v) is 15.6. The summed E-state index contributed by atoms with van der Waals surface area (Å²) in [7, 11) is 0. The fourth-order valence-corrected chi connectivity index (χ4v) is 3.70. The van der Waals surface area contributed by atoms with E-state index in [1.54, 1.807) is 12.1 Å². The van der Waals surface area contributed by atoms with Crippen LogP contribution in [0.25, 0.3) is 6.20 Å². The molecule has 0 aliphatic carbocycles. The number of aromatic carboxylic acids is 1. The molecular weight excluding hydrogens is 417 g/mol. The molecule has 2 aromatic rings. The van der Waals surface area contributed by atoms with Crippen molar-refractivity contribution in [3.8, 4) is 0 Å². The number of imidazole rings is 1. The van der Waals surface area contributed by atoms with Crippen molar-refractivity contribution in [2.24, 2.45) is 0 Å². The number of carboxylic acid groups (broad SMARTS) is 1. The summed E-state index contributed by atoms with van der Waals surface area (Å²) in [6, 6.07) is 5.38. The molecule has 0 bridgehead atoms. The molecule has 1 aliphatic heterocycles. The molecule has 1 aliphatic rings. The third kappa shape index (κ3) is 3.38. The number of hydrogen-bond donors (Lipinski definition) is 1. The Kier molecular flexibility index (Phi) is 5.03. The van der Waals surface area contributed by atoms with Crippen molar-refractivity contribution in [2.75, 3.05) is 11.4 Å². The number of carboxylic acids is 1. The van der Waals surface area contributed by atoms with Gasteiger partial charge in [-0.15, -0.1) is 0 Å². The van der Waals surface area contributed by atoms with Crippen LogP contribution in [0.5, 0.6) is 0 Å². The standard InChI is InChI=1S/C18H19IN3O2/c1-3-19-7-9-22-13(2)20-11-16(22)12-21-8-6-14-4-5-15(18(23)24)10-17(14)21/h3-5,7,9-11H,1,6,8,12H2,2H3,(H,23,24)/q-1/b9-7-. The Hall–Kier alpha value is -2.09. The quantitative estimate of drug-likeness (QED) is 0.654. The third-order valence-electron chi connectivity index (χ3n) is 4.10. The summed E-state index contributed by atoms with van der Waals surface area (Å²) in [6.07, 6.45) is 4.91. The first-order valence-electron chi connectivity index (χ1n) is 7.63. The van der Waals surface area contributed by atoms with Gasteiger partial charge in [-0.2, -0.15) is 0 Å². The molecule has 3 rings (SSSR count). The van der Waals surface area contributed by atoms with E-state index in [4.69, 9.17) is 0 Å². The maximum absolute atomic E-state index is 11.2. The first-order valence-corrected chi connectivity index (χ1v) is 10.1. The molecule has 2 heterocycles. The fraction of sp³-hybridized carbons (Fsp3) is 0.222. The molecule has 6 heteroatoms. The van der Waals surface area contributed by atoms with Crippen molar-refractivity contribution < 1.29 is 31.1 Å². The van der Waals surface area contributed by atoms with Gasteiger partial charge < -0.3 is 0 Å². The van der Waals surface area contributed by atoms with E-state index in [-0.39, 0.29) is 21.2 Å². The summed E-state index contributed by atoms with van der Waals surface area (Å²) in [5.41, 5.74) is 3.66. The number of nitrogens with zero attached hydrogens (tertiary/aromatic N) is 3. The first kappa shape index (κ1) is 16.8. The molecule has 1 N–H and O–H groups in total. The molecule has 0 amide bonds. The third-order valence-corrected chi connectivity index (χ3v) is 5.35. The molecular formula is C18H19IN3O2-. The maximum atomic E-state index is 11.2. The second-order valence-corrected chi connectivity index (χ2v) is 7.86. The van der Waals surface area contributed by atoms with Crippen molar-refractivity contribution in [1.82, 2.24) is 9.55 Å². The number of benzene rings is 1. The van der Waals surface area contributed by atoms with E-state index >= 15 is 0 Å². The zero-order chi connectivity index (χ0) is 17.1. The number of hydrogen-bond acceptors (Lipinski definition) is 3. The molecule has 0 radical (unpaired) electrons.